The summed E-state index contributed by atoms with van der Waals surface area (Å²) in [6.07, 6.45) is 0.538. The van der Waals surface area contributed by atoms with Gasteiger partial charge in [0, 0.05) is 5.69 Å². The normalized spacial score (nSPS) is 14.5. The molecule has 1 aliphatic heterocycles. The van der Waals surface area contributed by atoms with Crippen LogP contribution in [-0.4, -0.2) is 5.91 Å². The monoisotopic (exact) mass is 175 g/mol. The van der Waals surface area contributed by atoms with Gasteiger partial charge < -0.3 is 5.32 Å². The number of hydrogen-bond acceptors (Lipinski definition) is 1. The minimum Gasteiger partial charge on any atom is -0.325 e. The molecule has 1 heterocycles. The van der Waals surface area contributed by atoms with Crippen LogP contribution in [0, 0.1) is 0 Å². The molecule has 13 heavy (non-hydrogen) atoms. The van der Waals surface area contributed by atoms with Crippen molar-refractivity contribution < 1.29 is 4.79 Å². The van der Waals surface area contributed by atoms with Crippen molar-refractivity contribution in [2.24, 2.45) is 0 Å². The molecule has 2 rings (SSSR count). The molecule has 68 valence electrons. The van der Waals surface area contributed by atoms with E-state index in [1.165, 1.54) is 5.56 Å². The summed E-state index contributed by atoms with van der Waals surface area (Å²) < 4.78 is 0. The van der Waals surface area contributed by atoms with Crippen LogP contribution in [0.15, 0.2) is 18.2 Å². The van der Waals surface area contributed by atoms with Crippen LogP contribution in [0.1, 0.15) is 30.9 Å². The third-order valence-electron chi connectivity index (χ3n) is 2.42. The topological polar surface area (TPSA) is 29.1 Å². The van der Waals surface area contributed by atoms with Gasteiger partial charge in [-0.15, -0.1) is 0 Å². The van der Waals surface area contributed by atoms with E-state index >= 15 is 0 Å². The Balaban J connectivity index is 2.51. The van der Waals surface area contributed by atoms with Crippen molar-refractivity contribution in [1.29, 1.82) is 0 Å². The number of fused-ring (bicyclic) bond motifs is 1. The van der Waals surface area contributed by atoms with Crippen molar-refractivity contribution in [1.82, 2.24) is 0 Å². The highest BCUT2D eigenvalue weighted by atomic mass is 16.1. The lowest BCUT2D eigenvalue weighted by atomic mass is 9.98. The first kappa shape index (κ1) is 8.30. The van der Waals surface area contributed by atoms with Crippen molar-refractivity contribution in [3.05, 3.63) is 29.3 Å². The maximum atomic E-state index is 11.2. The van der Waals surface area contributed by atoms with Gasteiger partial charge in [-0.3, -0.25) is 4.79 Å². The SMILES string of the molecule is CC(C)c1cccc2c1NC(=O)C2. The Labute approximate surface area is 78.0 Å². The highest BCUT2D eigenvalue weighted by Crippen LogP contribution is 2.31. The minimum atomic E-state index is 0.114. The van der Waals surface area contributed by atoms with Crippen LogP contribution in [-0.2, 0) is 11.2 Å². The van der Waals surface area contributed by atoms with Gasteiger partial charge in [0.25, 0.3) is 0 Å². The van der Waals surface area contributed by atoms with Crippen LogP contribution in [0.25, 0.3) is 0 Å². The maximum absolute atomic E-state index is 11.2. The first-order chi connectivity index (χ1) is 6.18. The second-order valence-corrected chi connectivity index (χ2v) is 3.76. The second-order valence-electron chi connectivity index (χ2n) is 3.76. The number of carbonyl (C=O) groups excluding carboxylic acids is 1. The van der Waals surface area contributed by atoms with Crippen LogP contribution in [0.2, 0.25) is 0 Å². The van der Waals surface area contributed by atoms with Gasteiger partial charge in [0.15, 0.2) is 0 Å². The van der Waals surface area contributed by atoms with Crippen LogP contribution >= 0.6 is 0 Å². The molecule has 0 bridgehead atoms. The smallest absolute Gasteiger partial charge is 0.228 e. The molecule has 0 atom stereocenters. The quantitative estimate of drug-likeness (QED) is 0.697. The highest BCUT2D eigenvalue weighted by Gasteiger charge is 2.20. The first-order valence-corrected chi connectivity index (χ1v) is 4.60. The molecule has 0 aromatic heterocycles. The molecule has 0 saturated heterocycles. The predicted octanol–water partition coefficient (Wildman–Crippen LogP) is 2.30. The summed E-state index contributed by atoms with van der Waals surface area (Å²) in [5, 5.41) is 2.91. The zero-order valence-corrected chi connectivity index (χ0v) is 7.92. The summed E-state index contributed by atoms with van der Waals surface area (Å²) in [5.41, 5.74) is 3.42. The molecule has 0 fully saturated rings. The maximum Gasteiger partial charge on any atom is 0.228 e. The van der Waals surface area contributed by atoms with Crippen molar-refractivity contribution in [2.45, 2.75) is 26.2 Å². The molecular formula is C11H13NO. The van der Waals surface area contributed by atoms with Crippen molar-refractivity contribution in [3.63, 3.8) is 0 Å². The molecule has 0 spiro atoms. The van der Waals surface area contributed by atoms with Gasteiger partial charge in [-0.25, -0.2) is 0 Å². The fourth-order valence-electron chi connectivity index (χ4n) is 1.76. The molecule has 2 heteroatoms. The molecule has 0 saturated carbocycles. The van der Waals surface area contributed by atoms with E-state index in [-0.39, 0.29) is 5.91 Å². The Bertz CT molecular complexity index is 355. The zero-order chi connectivity index (χ0) is 9.42. The largest absolute Gasteiger partial charge is 0.325 e. The number of carbonyl (C=O) groups is 1. The molecule has 1 aromatic carbocycles. The lowest BCUT2D eigenvalue weighted by Crippen LogP contribution is -2.05. The summed E-state index contributed by atoms with van der Waals surface area (Å²) >= 11 is 0. The van der Waals surface area contributed by atoms with Crippen LogP contribution in [0.4, 0.5) is 5.69 Å². The van der Waals surface area contributed by atoms with E-state index in [1.54, 1.807) is 0 Å². The average molecular weight is 175 g/mol. The molecule has 2 nitrogen and oxygen atoms in total. The Kier molecular flexibility index (Phi) is 1.83. The van der Waals surface area contributed by atoms with Gasteiger partial charge >= 0.3 is 0 Å². The van der Waals surface area contributed by atoms with E-state index in [0.29, 0.717) is 12.3 Å². The Morgan fingerprint density at radius 1 is 1.38 bits per heavy atom. The molecular weight excluding hydrogens is 162 g/mol. The Hall–Kier alpha value is -1.31. The van der Waals surface area contributed by atoms with Crippen molar-refractivity contribution in [2.75, 3.05) is 5.32 Å². The number of benzene rings is 1. The lowest BCUT2D eigenvalue weighted by Gasteiger charge is -2.10. The fraction of sp³-hybridized carbons (Fsp3) is 0.364. The van der Waals surface area contributed by atoms with E-state index in [0.717, 1.165) is 11.3 Å². The van der Waals surface area contributed by atoms with Gasteiger partial charge in [-0.2, -0.15) is 0 Å². The van der Waals surface area contributed by atoms with Crippen LogP contribution in [0.5, 0.6) is 0 Å². The fourth-order valence-corrected chi connectivity index (χ4v) is 1.76. The first-order valence-electron chi connectivity index (χ1n) is 4.60. The van der Waals surface area contributed by atoms with Crippen LogP contribution < -0.4 is 5.32 Å². The van der Waals surface area contributed by atoms with E-state index in [9.17, 15) is 4.79 Å². The number of para-hydroxylation sites is 1. The third-order valence-corrected chi connectivity index (χ3v) is 2.42. The van der Waals surface area contributed by atoms with E-state index in [4.69, 9.17) is 0 Å². The minimum absolute atomic E-state index is 0.114. The van der Waals surface area contributed by atoms with Crippen molar-refractivity contribution in [3.8, 4) is 0 Å². The standard InChI is InChI=1S/C11H13NO/c1-7(2)9-5-3-4-8-6-10(13)12-11(8)9/h3-5,7H,6H2,1-2H3,(H,12,13). The summed E-state index contributed by atoms with van der Waals surface area (Å²) in [6, 6.07) is 6.11. The summed E-state index contributed by atoms with van der Waals surface area (Å²) in [5.74, 6) is 0.580. The second kappa shape index (κ2) is 2.87. The molecule has 1 aliphatic rings. The summed E-state index contributed by atoms with van der Waals surface area (Å²) in [6.45, 7) is 4.28. The average Bonchev–Trinajstić information content (AvgIpc) is 2.43. The zero-order valence-electron chi connectivity index (χ0n) is 7.92. The van der Waals surface area contributed by atoms with Gasteiger partial charge in [0.05, 0.1) is 6.42 Å². The van der Waals surface area contributed by atoms with Crippen molar-refractivity contribution >= 4 is 11.6 Å². The Morgan fingerprint density at radius 2 is 2.15 bits per heavy atom. The molecule has 0 aliphatic carbocycles. The third kappa shape index (κ3) is 1.32. The van der Waals surface area contributed by atoms with Gasteiger partial charge in [-0.1, -0.05) is 32.0 Å². The summed E-state index contributed by atoms with van der Waals surface area (Å²) in [7, 11) is 0. The molecule has 0 unspecified atom stereocenters. The van der Waals surface area contributed by atoms with Gasteiger partial charge in [0.2, 0.25) is 5.91 Å². The van der Waals surface area contributed by atoms with Gasteiger partial charge in [0.1, 0.15) is 0 Å². The molecule has 1 N–H and O–H groups in total. The van der Waals surface area contributed by atoms with Crippen LogP contribution in [0.3, 0.4) is 0 Å². The van der Waals surface area contributed by atoms with E-state index in [2.05, 4.69) is 25.2 Å². The number of nitrogens with one attached hydrogen (secondary N) is 1. The van der Waals surface area contributed by atoms with E-state index in [1.807, 2.05) is 12.1 Å². The molecule has 1 amide bonds. The number of rotatable bonds is 1. The molecule has 0 radical (unpaired) electrons. The summed E-state index contributed by atoms with van der Waals surface area (Å²) in [4.78, 5) is 11.2. The number of amides is 1. The highest BCUT2D eigenvalue weighted by molar-refractivity contribution is 6.00. The lowest BCUT2D eigenvalue weighted by molar-refractivity contribution is -0.115. The Morgan fingerprint density at radius 3 is 2.85 bits per heavy atom. The van der Waals surface area contributed by atoms with Gasteiger partial charge in [-0.05, 0) is 17.0 Å². The number of hydrogen-bond donors (Lipinski definition) is 1. The predicted molar refractivity (Wildman–Crippen MR) is 52.9 cm³/mol. The number of anilines is 1. The van der Waals surface area contributed by atoms with E-state index < -0.39 is 0 Å². The molecule has 1 aromatic rings.